The molecule has 1 rings (SSSR count). The molecular weight excluding hydrogens is 200 g/mol. The molecular formula is C13H28N2O. The SMILES string of the molecule is CCCN(CC)CC1CCC(CNCC)O1. The molecule has 2 unspecified atom stereocenters. The fraction of sp³-hybridized carbons (Fsp3) is 1.00. The van der Waals surface area contributed by atoms with Crippen molar-refractivity contribution in [1.82, 2.24) is 10.2 Å². The predicted octanol–water partition coefficient (Wildman–Crippen LogP) is 1.88. The third-order valence-corrected chi connectivity index (χ3v) is 3.27. The highest BCUT2D eigenvalue weighted by molar-refractivity contribution is 4.77. The largest absolute Gasteiger partial charge is 0.372 e. The number of hydrogen-bond donors (Lipinski definition) is 1. The first-order valence-corrected chi connectivity index (χ1v) is 6.88. The molecule has 16 heavy (non-hydrogen) atoms. The summed E-state index contributed by atoms with van der Waals surface area (Å²) in [7, 11) is 0. The van der Waals surface area contributed by atoms with Gasteiger partial charge in [0, 0.05) is 13.1 Å². The number of ether oxygens (including phenoxy) is 1. The van der Waals surface area contributed by atoms with E-state index in [1.54, 1.807) is 0 Å². The Kier molecular flexibility index (Phi) is 7.01. The maximum Gasteiger partial charge on any atom is 0.0707 e. The average Bonchev–Trinajstić information content (AvgIpc) is 2.73. The summed E-state index contributed by atoms with van der Waals surface area (Å²) in [6, 6.07) is 0. The summed E-state index contributed by atoms with van der Waals surface area (Å²) in [5.74, 6) is 0. The lowest BCUT2D eigenvalue weighted by atomic mass is 10.2. The van der Waals surface area contributed by atoms with E-state index in [9.17, 15) is 0 Å². The average molecular weight is 228 g/mol. The third kappa shape index (κ3) is 4.81. The molecule has 1 aliphatic heterocycles. The maximum absolute atomic E-state index is 6.04. The predicted molar refractivity (Wildman–Crippen MR) is 68.8 cm³/mol. The van der Waals surface area contributed by atoms with Gasteiger partial charge in [0.2, 0.25) is 0 Å². The quantitative estimate of drug-likeness (QED) is 0.686. The van der Waals surface area contributed by atoms with E-state index >= 15 is 0 Å². The fourth-order valence-electron chi connectivity index (χ4n) is 2.35. The van der Waals surface area contributed by atoms with Crippen LogP contribution in [0, 0.1) is 0 Å². The van der Waals surface area contributed by atoms with Crippen LogP contribution in [0.15, 0.2) is 0 Å². The molecule has 0 aromatic carbocycles. The molecule has 2 atom stereocenters. The lowest BCUT2D eigenvalue weighted by molar-refractivity contribution is 0.0245. The Hall–Kier alpha value is -0.120. The van der Waals surface area contributed by atoms with E-state index in [0.717, 1.165) is 26.2 Å². The number of rotatable bonds is 8. The Balaban J connectivity index is 2.19. The van der Waals surface area contributed by atoms with Gasteiger partial charge < -0.3 is 15.0 Å². The summed E-state index contributed by atoms with van der Waals surface area (Å²) < 4.78 is 6.04. The van der Waals surface area contributed by atoms with Gasteiger partial charge in [-0.25, -0.2) is 0 Å². The van der Waals surface area contributed by atoms with Gasteiger partial charge in [-0.3, -0.25) is 0 Å². The molecule has 3 heteroatoms. The first-order chi connectivity index (χ1) is 7.80. The van der Waals surface area contributed by atoms with Crippen molar-refractivity contribution in [2.45, 2.75) is 52.2 Å². The minimum absolute atomic E-state index is 0.449. The summed E-state index contributed by atoms with van der Waals surface area (Å²) in [5.41, 5.74) is 0. The first kappa shape index (κ1) is 13.9. The first-order valence-electron chi connectivity index (χ1n) is 6.88. The van der Waals surface area contributed by atoms with E-state index in [0.29, 0.717) is 12.2 Å². The zero-order valence-electron chi connectivity index (χ0n) is 11.2. The Bertz CT molecular complexity index is 175. The third-order valence-electron chi connectivity index (χ3n) is 3.27. The van der Waals surface area contributed by atoms with Gasteiger partial charge in [0.15, 0.2) is 0 Å². The lowest BCUT2D eigenvalue weighted by Gasteiger charge is -2.23. The molecule has 0 amide bonds. The van der Waals surface area contributed by atoms with Crippen molar-refractivity contribution in [3.63, 3.8) is 0 Å². The van der Waals surface area contributed by atoms with Crippen molar-refractivity contribution < 1.29 is 4.74 Å². The molecule has 0 aromatic heterocycles. The van der Waals surface area contributed by atoms with Crippen LogP contribution in [0.5, 0.6) is 0 Å². The summed E-state index contributed by atoms with van der Waals surface area (Å²) in [6.45, 7) is 12.2. The maximum atomic E-state index is 6.04. The minimum atomic E-state index is 0.449. The van der Waals surface area contributed by atoms with Crippen molar-refractivity contribution in [2.24, 2.45) is 0 Å². The second-order valence-corrected chi connectivity index (χ2v) is 4.66. The van der Waals surface area contributed by atoms with Crippen LogP contribution < -0.4 is 5.32 Å². The Morgan fingerprint density at radius 3 is 2.56 bits per heavy atom. The van der Waals surface area contributed by atoms with Crippen LogP contribution in [-0.4, -0.2) is 49.8 Å². The van der Waals surface area contributed by atoms with Crippen LogP contribution in [-0.2, 0) is 4.74 Å². The van der Waals surface area contributed by atoms with Crippen molar-refractivity contribution in [3.05, 3.63) is 0 Å². The standard InChI is InChI=1S/C13H28N2O/c1-4-9-15(6-3)11-13-8-7-12(16-13)10-14-5-2/h12-14H,4-11H2,1-3H3. The van der Waals surface area contributed by atoms with Gasteiger partial charge in [-0.2, -0.15) is 0 Å². The molecule has 96 valence electrons. The Morgan fingerprint density at radius 1 is 1.19 bits per heavy atom. The van der Waals surface area contributed by atoms with Crippen LogP contribution in [0.3, 0.4) is 0 Å². The van der Waals surface area contributed by atoms with E-state index in [4.69, 9.17) is 4.74 Å². The van der Waals surface area contributed by atoms with Gasteiger partial charge in [-0.15, -0.1) is 0 Å². The van der Waals surface area contributed by atoms with Crippen molar-refractivity contribution >= 4 is 0 Å². The smallest absolute Gasteiger partial charge is 0.0707 e. The van der Waals surface area contributed by atoms with Gasteiger partial charge in [0.25, 0.3) is 0 Å². The fourth-order valence-corrected chi connectivity index (χ4v) is 2.35. The van der Waals surface area contributed by atoms with E-state index in [1.165, 1.54) is 25.8 Å². The van der Waals surface area contributed by atoms with Gasteiger partial charge in [0.1, 0.15) is 0 Å². The number of nitrogens with zero attached hydrogens (tertiary/aromatic N) is 1. The zero-order valence-corrected chi connectivity index (χ0v) is 11.2. The highest BCUT2D eigenvalue weighted by Gasteiger charge is 2.25. The molecule has 0 saturated carbocycles. The molecule has 0 aromatic rings. The highest BCUT2D eigenvalue weighted by atomic mass is 16.5. The summed E-state index contributed by atoms with van der Waals surface area (Å²) >= 11 is 0. The van der Waals surface area contributed by atoms with Crippen LogP contribution in [0.4, 0.5) is 0 Å². The molecule has 0 radical (unpaired) electrons. The van der Waals surface area contributed by atoms with Crippen LogP contribution >= 0.6 is 0 Å². The van der Waals surface area contributed by atoms with Crippen LogP contribution in [0.2, 0.25) is 0 Å². The lowest BCUT2D eigenvalue weighted by Crippen LogP contribution is -2.34. The summed E-state index contributed by atoms with van der Waals surface area (Å²) in [4.78, 5) is 2.50. The van der Waals surface area contributed by atoms with E-state index in [1.807, 2.05) is 0 Å². The van der Waals surface area contributed by atoms with Crippen molar-refractivity contribution in [1.29, 1.82) is 0 Å². The van der Waals surface area contributed by atoms with Crippen LogP contribution in [0.1, 0.15) is 40.0 Å². The second-order valence-electron chi connectivity index (χ2n) is 4.66. The summed E-state index contributed by atoms with van der Waals surface area (Å²) in [5, 5.41) is 3.36. The number of likely N-dealkylation sites (N-methyl/N-ethyl adjacent to an activating group) is 2. The Morgan fingerprint density at radius 2 is 1.94 bits per heavy atom. The molecule has 0 spiro atoms. The minimum Gasteiger partial charge on any atom is -0.372 e. The number of hydrogen-bond acceptors (Lipinski definition) is 3. The van der Waals surface area contributed by atoms with E-state index in [-0.39, 0.29) is 0 Å². The van der Waals surface area contributed by atoms with E-state index in [2.05, 4.69) is 31.0 Å². The van der Waals surface area contributed by atoms with E-state index < -0.39 is 0 Å². The molecule has 1 heterocycles. The monoisotopic (exact) mass is 228 g/mol. The van der Waals surface area contributed by atoms with Gasteiger partial charge in [0.05, 0.1) is 12.2 Å². The highest BCUT2D eigenvalue weighted by Crippen LogP contribution is 2.20. The molecule has 1 aliphatic rings. The van der Waals surface area contributed by atoms with Gasteiger partial charge >= 0.3 is 0 Å². The van der Waals surface area contributed by atoms with Crippen molar-refractivity contribution in [3.8, 4) is 0 Å². The Labute approximate surface area is 101 Å². The second kappa shape index (κ2) is 8.04. The molecule has 1 fully saturated rings. The van der Waals surface area contributed by atoms with Gasteiger partial charge in [-0.1, -0.05) is 20.8 Å². The molecule has 1 N–H and O–H groups in total. The van der Waals surface area contributed by atoms with Crippen LogP contribution in [0.25, 0.3) is 0 Å². The molecule has 1 saturated heterocycles. The topological polar surface area (TPSA) is 24.5 Å². The van der Waals surface area contributed by atoms with Crippen molar-refractivity contribution in [2.75, 3.05) is 32.7 Å². The molecule has 3 nitrogen and oxygen atoms in total. The zero-order chi connectivity index (χ0) is 11.8. The summed E-state index contributed by atoms with van der Waals surface area (Å²) in [6.07, 6.45) is 4.61. The van der Waals surface area contributed by atoms with Gasteiger partial charge in [-0.05, 0) is 38.9 Å². The molecule has 0 bridgehead atoms. The normalized spacial score (nSPS) is 25.5. The molecule has 0 aliphatic carbocycles. The number of nitrogens with one attached hydrogen (secondary N) is 1.